The van der Waals surface area contributed by atoms with Crippen LogP contribution >= 0.6 is 0 Å². The second-order valence-electron chi connectivity index (χ2n) is 9.94. The fraction of sp³-hybridized carbons (Fsp3) is 0.448. The summed E-state index contributed by atoms with van der Waals surface area (Å²) in [6, 6.07) is 7.75. The molecular formula is C29H38N2O7. The molecule has 206 valence electrons. The van der Waals surface area contributed by atoms with Crippen LogP contribution in [0.5, 0.6) is 23.0 Å². The number of carbonyl (C=O) groups is 2. The molecule has 1 saturated heterocycles. The molecule has 9 nitrogen and oxygen atoms in total. The number of aryl methyl sites for hydroxylation is 1. The first-order valence-electron chi connectivity index (χ1n) is 12.5. The van der Waals surface area contributed by atoms with Crippen molar-refractivity contribution in [3.05, 3.63) is 52.6 Å². The van der Waals surface area contributed by atoms with E-state index in [1.807, 2.05) is 25.9 Å². The first-order chi connectivity index (χ1) is 18.0. The van der Waals surface area contributed by atoms with Crippen LogP contribution in [0.2, 0.25) is 0 Å². The molecule has 3 rings (SSSR count). The highest BCUT2D eigenvalue weighted by Crippen LogP contribution is 2.45. The van der Waals surface area contributed by atoms with Crippen LogP contribution in [0.1, 0.15) is 36.6 Å². The summed E-state index contributed by atoms with van der Waals surface area (Å²) in [5, 5.41) is 11.5. The molecule has 1 aliphatic rings. The van der Waals surface area contributed by atoms with Crippen molar-refractivity contribution in [2.45, 2.75) is 26.8 Å². The number of rotatable bonds is 11. The number of likely N-dealkylation sites (tertiary alicyclic amines) is 1. The summed E-state index contributed by atoms with van der Waals surface area (Å²) >= 11 is 0. The molecule has 0 radical (unpaired) electrons. The highest BCUT2D eigenvalue weighted by molar-refractivity contribution is 6.46. The summed E-state index contributed by atoms with van der Waals surface area (Å²) in [4.78, 5) is 30.0. The van der Waals surface area contributed by atoms with Gasteiger partial charge in [0.1, 0.15) is 11.5 Å². The number of hydrogen-bond acceptors (Lipinski definition) is 8. The molecule has 0 saturated carbocycles. The zero-order valence-corrected chi connectivity index (χ0v) is 23.5. The number of methoxy groups -OCH3 is 3. The Balaban J connectivity index is 2.19. The van der Waals surface area contributed by atoms with Gasteiger partial charge in [-0.3, -0.25) is 9.59 Å². The van der Waals surface area contributed by atoms with Gasteiger partial charge in [0.05, 0.1) is 39.6 Å². The number of hydrogen-bond donors (Lipinski definition) is 1. The SMILES string of the molecule is COc1cc([C@@H]2/C(=C(\O)c3ccc(OCC(C)C)c(C)c3)C(=O)C(=O)N2CCN(C)C)cc(OC)c1OC. The number of amides is 1. The van der Waals surface area contributed by atoms with E-state index in [-0.39, 0.29) is 17.9 Å². The third kappa shape index (κ3) is 5.88. The van der Waals surface area contributed by atoms with Gasteiger partial charge in [-0.25, -0.2) is 0 Å². The summed E-state index contributed by atoms with van der Waals surface area (Å²) < 4.78 is 22.4. The van der Waals surface area contributed by atoms with Gasteiger partial charge in [0.25, 0.3) is 11.7 Å². The van der Waals surface area contributed by atoms with Crippen LogP contribution in [0.25, 0.3) is 5.76 Å². The van der Waals surface area contributed by atoms with Gasteiger partial charge in [0, 0.05) is 18.7 Å². The van der Waals surface area contributed by atoms with Gasteiger partial charge in [-0.1, -0.05) is 13.8 Å². The predicted octanol–water partition coefficient (Wildman–Crippen LogP) is 4.04. The summed E-state index contributed by atoms with van der Waals surface area (Å²) in [7, 11) is 8.26. The van der Waals surface area contributed by atoms with Crippen molar-refractivity contribution in [1.82, 2.24) is 9.80 Å². The van der Waals surface area contributed by atoms with Crippen molar-refractivity contribution in [3.8, 4) is 23.0 Å². The Morgan fingerprint density at radius 3 is 2.13 bits per heavy atom. The molecule has 0 bridgehead atoms. The molecule has 9 heteroatoms. The normalized spacial score (nSPS) is 16.9. The fourth-order valence-corrected chi connectivity index (χ4v) is 4.39. The number of aliphatic hydroxyl groups is 1. The lowest BCUT2D eigenvalue weighted by molar-refractivity contribution is -0.140. The minimum atomic E-state index is -0.860. The summed E-state index contributed by atoms with van der Waals surface area (Å²) in [6.07, 6.45) is 0. The molecule has 1 N–H and O–H groups in total. The Morgan fingerprint density at radius 2 is 1.63 bits per heavy atom. The molecule has 0 unspecified atom stereocenters. The molecule has 0 aliphatic carbocycles. The summed E-state index contributed by atoms with van der Waals surface area (Å²) in [5.41, 5.74) is 1.77. The average Bonchev–Trinajstić information content (AvgIpc) is 3.14. The number of nitrogens with zero attached hydrogens (tertiary/aromatic N) is 2. The van der Waals surface area contributed by atoms with Crippen LogP contribution in [0.15, 0.2) is 35.9 Å². The number of aliphatic hydroxyl groups excluding tert-OH is 1. The van der Waals surface area contributed by atoms with Crippen molar-refractivity contribution >= 4 is 17.4 Å². The molecule has 38 heavy (non-hydrogen) atoms. The number of likely N-dealkylation sites (N-methyl/N-ethyl adjacent to an activating group) is 1. The summed E-state index contributed by atoms with van der Waals surface area (Å²) in [5.74, 6) is 0.509. The van der Waals surface area contributed by atoms with Gasteiger partial charge in [-0.15, -0.1) is 0 Å². The van der Waals surface area contributed by atoms with Crippen molar-refractivity contribution in [2.75, 3.05) is 55.1 Å². The maximum atomic E-state index is 13.4. The predicted molar refractivity (Wildman–Crippen MR) is 145 cm³/mol. The third-order valence-electron chi connectivity index (χ3n) is 6.35. The van der Waals surface area contributed by atoms with Gasteiger partial charge in [0.2, 0.25) is 5.75 Å². The highest BCUT2D eigenvalue weighted by atomic mass is 16.5. The number of carbonyl (C=O) groups excluding carboxylic acids is 2. The lowest BCUT2D eigenvalue weighted by Crippen LogP contribution is -2.35. The van der Waals surface area contributed by atoms with Crippen LogP contribution in [-0.4, -0.2) is 81.7 Å². The van der Waals surface area contributed by atoms with Crippen LogP contribution < -0.4 is 18.9 Å². The van der Waals surface area contributed by atoms with Crippen LogP contribution in [-0.2, 0) is 9.59 Å². The van der Waals surface area contributed by atoms with E-state index in [9.17, 15) is 14.7 Å². The van der Waals surface area contributed by atoms with Crippen LogP contribution in [0.3, 0.4) is 0 Å². The quantitative estimate of drug-likeness (QED) is 0.266. The Labute approximate surface area is 224 Å². The largest absolute Gasteiger partial charge is 0.507 e. The number of benzene rings is 2. The molecule has 0 spiro atoms. The Morgan fingerprint density at radius 1 is 1.00 bits per heavy atom. The van der Waals surface area contributed by atoms with Crippen LogP contribution in [0, 0.1) is 12.8 Å². The lowest BCUT2D eigenvalue weighted by atomic mass is 9.94. The summed E-state index contributed by atoms with van der Waals surface area (Å²) in [6.45, 7) is 7.36. The van der Waals surface area contributed by atoms with Gasteiger partial charge in [-0.05, 0) is 68.4 Å². The third-order valence-corrected chi connectivity index (χ3v) is 6.35. The first-order valence-corrected chi connectivity index (χ1v) is 12.5. The molecule has 1 amide bonds. The van der Waals surface area contributed by atoms with E-state index in [0.29, 0.717) is 53.2 Å². The van der Waals surface area contributed by atoms with E-state index in [2.05, 4.69) is 13.8 Å². The maximum absolute atomic E-state index is 13.4. The zero-order chi connectivity index (χ0) is 28.1. The standard InChI is InChI=1S/C29H38N2O7/c1-17(2)16-38-21-10-9-19(13-18(21)3)26(32)24-25(31(12-11-30(4)5)29(34)27(24)33)20-14-22(35-6)28(37-8)23(15-20)36-7/h9-10,13-15,17,25,32H,11-12,16H2,1-8H3/b26-24+/t25-/m1/s1. The number of Topliss-reactive ketones (excluding diaryl/α,β-unsaturated/α-hetero) is 1. The van der Waals surface area contributed by atoms with Crippen molar-refractivity contribution < 1.29 is 33.6 Å². The second-order valence-corrected chi connectivity index (χ2v) is 9.94. The molecular weight excluding hydrogens is 488 g/mol. The highest BCUT2D eigenvalue weighted by Gasteiger charge is 2.46. The van der Waals surface area contributed by atoms with Crippen molar-refractivity contribution in [2.24, 2.45) is 5.92 Å². The van der Waals surface area contributed by atoms with E-state index in [0.717, 1.165) is 5.56 Å². The van der Waals surface area contributed by atoms with E-state index in [1.165, 1.54) is 26.2 Å². The van der Waals surface area contributed by atoms with Crippen LogP contribution in [0.4, 0.5) is 0 Å². The van der Waals surface area contributed by atoms with E-state index >= 15 is 0 Å². The van der Waals surface area contributed by atoms with Crippen molar-refractivity contribution in [1.29, 1.82) is 0 Å². The Hall–Kier alpha value is -3.72. The maximum Gasteiger partial charge on any atom is 0.295 e. The van der Waals surface area contributed by atoms with Gasteiger partial charge < -0.3 is 33.9 Å². The van der Waals surface area contributed by atoms with E-state index in [4.69, 9.17) is 18.9 Å². The Kier molecular flexibility index (Phi) is 9.27. The number of ether oxygens (including phenoxy) is 4. The lowest BCUT2D eigenvalue weighted by Gasteiger charge is -2.27. The van der Waals surface area contributed by atoms with E-state index < -0.39 is 17.7 Å². The smallest absolute Gasteiger partial charge is 0.295 e. The Bertz CT molecular complexity index is 1190. The topological polar surface area (TPSA) is 97.8 Å². The molecule has 0 aromatic heterocycles. The van der Waals surface area contributed by atoms with E-state index in [1.54, 1.807) is 30.3 Å². The monoisotopic (exact) mass is 526 g/mol. The minimum absolute atomic E-state index is 0.00159. The second kappa shape index (κ2) is 12.2. The van der Waals surface area contributed by atoms with Gasteiger partial charge in [0.15, 0.2) is 11.5 Å². The average molecular weight is 527 g/mol. The number of ketones is 1. The van der Waals surface area contributed by atoms with Gasteiger partial charge >= 0.3 is 0 Å². The molecule has 1 aliphatic heterocycles. The fourth-order valence-electron chi connectivity index (χ4n) is 4.39. The molecule has 2 aromatic rings. The first kappa shape index (κ1) is 28.8. The molecule has 1 atom stereocenters. The molecule has 1 fully saturated rings. The minimum Gasteiger partial charge on any atom is -0.507 e. The zero-order valence-electron chi connectivity index (χ0n) is 23.5. The van der Waals surface area contributed by atoms with Crippen molar-refractivity contribution in [3.63, 3.8) is 0 Å². The molecule has 2 aromatic carbocycles. The molecule has 1 heterocycles. The van der Waals surface area contributed by atoms with Gasteiger partial charge in [-0.2, -0.15) is 0 Å².